The number of nitrogens with zero attached hydrogens (tertiary/aromatic N) is 8. The Bertz CT molecular complexity index is 2580. The fourth-order valence-corrected chi connectivity index (χ4v) is 16.7. The fraction of sp³-hybridized carbons (Fsp3) is 0.600. The molecule has 5 N–H and O–H groups in total. The molecule has 6 aliphatic rings. The summed E-state index contributed by atoms with van der Waals surface area (Å²) in [6.45, 7) is 15.4. The second kappa shape index (κ2) is 15.2. The van der Waals surface area contributed by atoms with E-state index in [2.05, 4.69) is 52.7 Å². The molecule has 4 aromatic heterocycles. The number of aliphatic hydroxyl groups excluding tert-OH is 1. The normalized spacial score (nSPS) is 38.8. The van der Waals surface area contributed by atoms with Crippen LogP contribution in [0.15, 0.2) is 49.1 Å². The summed E-state index contributed by atoms with van der Waals surface area (Å²) in [7, 11) is 0. The molecule has 10 rings (SSSR count). The van der Waals surface area contributed by atoms with Gasteiger partial charge < -0.3 is 54.0 Å². The summed E-state index contributed by atoms with van der Waals surface area (Å²) >= 11 is 7.63. The smallest absolute Gasteiger partial charge is 0.248 e. The van der Waals surface area contributed by atoms with Crippen molar-refractivity contribution in [3.8, 4) is 12.1 Å². The number of hydrogen-bond acceptors (Lipinski definition) is 19. The van der Waals surface area contributed by atoms with Gasteiger partial charge in [-0.2, -0.15) is 20.7 Å². The van der Waals surface area contributed by atoms with E-state index in [1.807, 2.05) is 13.8 Å². The summed E-state index contributed by atoms with van der Waals surface area (Å²) in [6, 6.07) is 11.5. The third kappa shape index (κ3) is 6.93. The van der Waals surface area contributed by atoms with Crippen molar-refractivity contribution in [1.29, 1.82) is 10.5 Å². The van der Waals surface area contributed by atoms with E-state index >= 15 is 0 Å². The van der Waals surface area contributed by atoms with Crippen molar-refractivity contribution in [1.82, 2.24) is 29.2 Å². The van der Waals surface area contributed by atoms with Gasteiger partial charge in [-0.3, -0.25) is 0 Å². The van der Waals surface area contributed by atoms with Crippen LogP contribution in [0.3, 0.4) is 0 Å². The number of nitrogens with two attached hydrogens (primary N) is 2. The van der Waals surface area contributed by atoms with Gasteiger partial charge in [0.1, 0.15) is 72.5 Å². The van der Waals surface area contributed by atoms with E-state index in [1.54, 1.807) is 54.0 Å². The predicted octanol–water partition coefficient (Wildman–Crippen LogP) is 4.40. The second-order valence-corrected chi connectivity index (χ2v) is 24.2. The van der Waals surface area contributed by atoms with E-state index in [1.165, 1.54) is 22.7 Å². The van der Waals surface area contributed by atoms with Crippen LogP contribution in [0, 0.1) is 28.6 Å². The van der Waals surface area contributed by atoms with Gasteiger partial charge in [0, 0.05) is 4.75 Å². The van der Waals surface area contributed by atoms with Crippen molar-refractivity contribution in [2.75, 3.05) is 24.7 Å². The molecule has 4 aromatic rings. The minimum atomic E-state index is -2.66. The van der Waals surface area contributed by atoms with Crippen LogP contribution in [-0.2, 0) is 60.5 Å². The highest BCUT2D eigenvalue weighted by molar-refractivity contribution is 8.68. The number of aromatic nitrogens is 6. The quantitative estimate of drug-likeness (QED) is 0.172. The zero-order valence-corrected chi connectivity index (χ0v) is 37.6. The van der Waals surface area contributed by atoms with Crippen LogP contribution in [-0.4, -0.2) is 107 Å². The number of fused-ring (bicyclic) bond motifs is 5. The third-order valence-corrected chi connectivity index (χ3v) is 18.4. The molecule has 19 nitrogen and oxygen atoms in total. The number of aliphatic hydroxyl groups is 1. The number of rotatable bonds is 7. The standard InChI is InChI=1S/C25H32N5O5PS2.C15H17N5O4/c1-14(2)15-8-9-24(5)19(10-15)35-36(37,38-24)31-11-17-20-21(34-23(3,4)33-20)25(12-26,32-17)18-7-6-16-22(27)28-13-29-30(16)18;1-14(2)23-11-9(5-21)22-15(6-16,12(11)24-14)10-4-3-8-13(17)18-7-19-20(8)10/h6-7,13,15,17,19-21H,1,8-11H2,2-5H3,(H2,27,28,29);3-4,7,9,11-12,21H,5H2,1-2H3,(H2,17,18,19)/t15-,17+,19+,20+,21+,24+,25-,36+;9-,11-,12-,15+/m01/s1. The minimum Gasteiger partial charge on any atom is -0.394 e. The third-order valence-electron chi connectivity index (χ3n) is 12.5. The van der Waals surface area contributed by atoms with Gasteiger partial charge in [-0.1, -0.05) is 23.5 Å². The van der Waals surface area contributed by atoms with Crippen LogP contribution in [0.5, 0.6) is 0 Å². The maximum absolute atomic E-state index is 10.5. The van der Waals surface area contributed by atoms with Crippen LogP contribution < -0.4 is 11.5 Å². The highest BCUT2D eigenvalue weighted by atomic mass is 32.9. The zero-order valence-electron chi connectivity index (χ0n) is 35.0. The first-order chi connectivity index (χ1) is 29.3. The highest BCUT2D eigenvalue weighted by Crippen LogP contribution is 2.75. The first-order valence-corrected chi connectivity index (χ1v) is 24.3. The Balaban J connectivity index is 0.000000175. The van der Waals surface area contributed by atoms with Crippen LogP contribution >= 0.6 is 17.1 Å². The molecule has 0 amide bonds. The Hall–Kier alpha value is -3.80. The SMILES string of the molecule is C=C(C)[C@H]1CC[C@@]2(C)S[P@](=S)(OC[C@H]3O[C@@](C#N)(c4ccc5c(N)ncnn45)[C@@H]4OC(C)(C)O[C@@H]43)O[C@@H]2C1.CC1(C)O[C@H]2[C@@H](O1)[C@](C#N)(c1ccc3c(N)ncnn13)O[C@@H]2CO. The van der Waals surface area contributed by atoms with Gasteiger partial charge in [0.2, 0.25) is 16.9 Å². The number of allylic oxidation sites excluding steroid dienone is 1. The van der Waals surface area contributed by atoms with Gasteiger partial charge in [0.15, 0.2) is 23.2 Å². The van der Waals surface area contributed by atoms with Crippen molar-refractivity contribution < 1.29 is 42.6 Å². The van der Waals surface area contributed by atoms with E-state index in [0.29, 0.717) is 40.0 Å². The molecule has 0 aromatic carbocycles. The van der Waals surface area contributed by atoms with Crippen LogP contribution in [0.1, 0.15) is 72.2 Å². The topological polar surface area (TPSA) is 254 Å². The van der Waals surface area contributed by atoms with Crippen molar-refractivity contribution in [2.24, 2.45) is 5.92 Å². The van der Waals surface area contributed by atoms with E-state index < -0.39 is 65.1 Å². The van der Waals surface area contributed by atoms with Crippen LogP contribution in [0.25, 0.3) is 11.0 Å². The Morgan fingerprint density at radius 1 is 0.887 bits per heavy atom. The summed E-state index contributed by atoms with van der Waals surface area (Å²) in [5.74, 6) is -0.766. The summed E-state index contributed by atoms with van der Waals surface area (Å²) in [4.78, 5) is 7.99. The number of nitriles is 2. The molecule has 62 heavy (non-hydrogen) atoms. The molecule has 330 valence electrons. The lowest BCUT2D eigenvalue weighted by Crippen LogP contribution is -2.40. The largest absolute Gasteiger partial charge is 0.394 e. The lowest BCUT2D eigenvalue weighted by molar-refractivity contribution is -0.204. The molecule has 1 aliphatic carbocycles. The molecule has 12 atom stereocenters. The summed E-state index contributed by atoms with van der Waals surface area (Å²) in [6.07, 6.45) is 1.81. The Labute approximate surface area is 366 Å². The van der Waals surface area contributed by atoms with Crippen molar-refractivity contribution in [3.05, 3.63) is 60.5 Å². The maximum atomic E-state index is 10.5. The van der Waals surface area contributed by atoms with Gasteiger partial charge in [-0.25, -0.2) is 19.0 Å². The molecule has 5 saturated heterocycles. The molecule has 22 heteroatoms. The molecule has 6 fully saturated rings. The molecular formula is C40H49N10O9PS2. The van der Waals surface area contributed by atoms with E-state index in [4.69, 9.17) is 60.7 Å². The van der Waals surface area contributed by atoms with Crippen LogP contribution in [0.4, 0.5) is 11.6 Å². The van der Waals surface area contributed by atoms with E-state index in [-0.39, 0.29) is 24.1 Å². The van der Waals surface area contributed by atoms with Gasteiger partial charge in [0.05, 0.1) is 30.7 Å². The number of anilines is 2. The zero-order chi connectivity index (χ0) is 44.2. The lowest BCUT2D eigenvalue weighted by Gasteiger charge is -2.37. The Morgan fingerprint density at radius 3 is 1.90 bits per heavy atom. The van der Waals surface area contributed by atoms with Crippen molar-refractivity contribution in [3.63, 3.8) is 0 Å². The first-order valence-electron chi connectivity index (χ1n) is 20.3. The highest BCUT2D eigenvalue weighted by Gasteiger charge is 2.67. The molecule has 0 radical (unpaired) electrons. The number of ether oxygens (including phenoxy) is 6. The van der Waals surface area contributed by atoms with Gasteiger partial charge in [0.25, 0.3) is 0 Å². The molecule has 0 unspecified atom stereocenters. The van der Waals surface area contributed by atoms with Crippen molar-refractivity contribution >= 4 is 51.6 Å². The number of nitrogen functional groups attached to an aromatic ring is 2. The maximum Gasteiger partial charge on any atom is 0.248 e. The summed E-state index contributed by atoms with van der Waals surface area (Å²) in [5.41, 5.74) is 9.54. The molecule has 9 heterocycles. The monoisotopic (exact) mass is 908 g/mol. The average Bonchev–Trinajstić information content (AvgIpc) is 4.08. The first kappa shape index (κ1) is 43.5. The fourth-order valence-electron chi connectivity index (χ4n) is 9.55. The summed E-state index contributed by atoms with van der Waals surface area (Å²) < 4.78 is 52.6. The van der Waals surface area contributed by atoms with E-state index in [0.717, 1.165) is 19.3 Å². The van der Waals surface area contributed by atoms with Crippen molar-refractivity contribution in [2.45, 2.75) is 131 Å². The van der Waals surface area contributed by atoms with Gasteiger partial charge in [-0.15, -0.1) is 0 Å². The molecular weight excluding hydrogens is 860 g/mol. The molecule has 0 spiro atoms. The average molecular weight is 909 g/mol. The minimum absolute atomic E-state index is 0.0199. The molecule has 1 saturated carbocycles. The Kier molecular flexibility index (Phi) is 10.6. The van der Waals surface area contributed by atoms with E-state index in [9.17, 15) is 15.6 Å². The molecule has 5 aliphatic heterocycles. The number of hydrogen-bond donors (Lipinski definition) is 3. The Morgan fingerprint density at radius 2 is 1.40 bits per heavy atom. The van der Waals surface area contributed by atoms with Gasteiger partial charge in [-0.05, 0) is 103 Å². The van der Waals surface area contributed by atoms with Gasteiger partial charge >= 0.3 is 0 Å². The summed E-state index contributed by atoms with van der Waals surface area (Å²) in [5, 5.41) is 38.7. The molecule has 0 bridgehead atoms. The van der Waals surface area contributed by atoms with Crippen LogP contribution in [0.2, 0.25) is 0 Å². The lowest BCUT2D eigenvalue weighted by atomic mass is 9.77. The predicted molar refractivity (Wildman–Crippen MR) is 227 cm³/mol. The second-order valence-electron chi connectivity index (χ2n) is 17.6.